The van der Waals surface area contributed by atoms with Crippen LogP contribution in [0.2, 0.25) is 0 Å². The molecule has 1 saturated heterocycles. The van der Waals surface area contributed by atoms with Crippen LogP contribution in [0.3, 0.4) is 0 Å². The minimum atomic E-state index is -0.453. The van der Waals surface area contributed by atoms with Gasteiger partial charge < -0.3 is 20.0 Å². The van der Waals surface area contributed by atoms with Crippen molar-refractivity contribution in [2.45, 2.75) is 25.9 Å². The Kier molecular flexibility index (Phi) is 9.02. The molecule has 190 valence electrons. The fourth-order valence-corrected chi connectivity index (χ4v) is 4.91. The number of urea groups is 1. The lowest BCUT2D eigenvalue weighted by Crippen LogP contribution is -2.46. The van der Waals surface area contributed by atoms with Gasteiger partial charge in [0.1, 0.15) is 18.2 Å². The molecule has 0 radical (unpaired) electrons. The van der Waals surface area contributed by atoms with E-state index in [0.29, 0.717) is 31.9 Å². The predicted molar refractivity (Wildman–Crippen MR) is 138 cm³/mol. The molecule has 0 unspecified atom stereocenters. The van der Waals surface area contributed by atoms with Gasteiger partial charge in [-0.15, -0.1) is 11.3 Å². The molecule has 1 fully saturated rings. The van der Waals surface area contributed by atoms with Gasteiger partial charge in [-0.3, -0.25) is 4.79 Å². The summed E-state index contributed by atoms with van der Waals surface area (Å²) >= 11 is 1.55. The summed E-state index contributed by atoms with van der Waals surface area (Å²) < 4.78 is 27.1. The van der Waals surface area contributed by atoms with Gasteiger partial charge in [-0.05, 0) is 73.3 Å². The van der Waals surface area contributed by atoms with Crippen molar-refractivity contribution in [3.63, 3.8) is 0 Å². The number of hydrogen-bond acceptors (Lipinski definition) is 4. The topological polar surface area (TPSA) is 55.9 Å². The number of hydrogen-bond donors (Lipinski definition) is 1. The maximum atomic E-state index is 13.6. The highest BCUT2D eigenvalue weighted by Crippen LogP contribution is 2.17. The normalized spacial score (nSPS) is 13.5. The molecule has 1 aliphatic heterocycles. The van der Waals surface area contributed by atoms with Crippen LogP contribution in [0.5, 0.6) is 0 Å². The minimum Gasteiger partial charge on any atom is -0.332 e. The Morgan fingerprint density at radius 1 is 0.917 bits per heavy atom. The number of amides is 3. The summed E-state index contributed by atoms with van der Waals surface area (Å²) in [5.41, 5.74) is 1.13. The predicted octanol–water partition coefficient (Wildman–Crippen LogP) is 5.19. The van der Waals surface area contributed by atoms with Crippen LogP contribution < -0.4 is 5.32 Å². The number of rotatable bonds is 10. The molecular formula is C27H30F2N4O2S. The van der Waals surface area contributed by atoms with E-state index in [2.05, 4.69) is 10.2 Å². The van der Waals surface area contributed by atoms with Gasteiger partial charge in [0.15, 0.2) is 0 Å². The Morgan fingerprint density at radius 2 is 1.69 bits per heavy atom. The molecule has 0 bridgehead atoms. The molecule has 0 aliphatic carbocycles. The molecule has 0 saturated carbocycles. The molecule has 2 aromatic carbocycles. The van der Waals surface area contributed by atoms with Crippen LogP contribution in [0, 0.1) is 11.6 Å². The van der Waals surface area contributed by atoms with E-state index >= 15 is 0 Å². The van der Waals surface area contributed by atoms with Gasteiger partial charge in [0, 0.05) is 30.2 Å². The Bertz CT molecular complexity index is 1130. The fourth-order valence-electron chi connectivity index (χ4n) is 4.19. The number of benzene rings is 2. The number of nitrogens with one attached hydrogen (secondary N) is 1. The smallest absolute Gasteiger partial charge is 0.322 e. The Balaban J connectivity index is 1.49. The molecule has 36 heavy (non-hydrogen) atoms. The molecule has 1 aromatic heterocycles. The van der Waals surface area contributed by atoms with Gasteiger partial charge in [0.2, 0.25) is 5.91 Å². The van der Waals surface area contributed by atoms with Crippen LogP contribution in [0.4, 0.5) is 19.3 Å². The first-order valence-corrected chi connectivity index (χ1v) is 12.9. The highest BCUT2D eigenvalue weighted by molar-refractivity contribution is 7.09. The second kappa shape index (κ2) is 12.6. The molecular weight excluding hydrogens is 482 g/mol. The largest absolute Gasteiger partial charge is 0.332 e. The molecule has 0 spiro atoms. The quantitative estimate of drug-likeness (QED) is 0.407. The number of nitrogens with zero attached hydrogens (tertiary/aromatic N) is 3. The number of likely N-dealkylation sites (tertiary alicyclic amines) is 1. The summed E-state index contributed by atoms with van der Waals surface area (Å²) in [7, 11) is 0. The standard InChI is InChI=1S/C27H30F2N4O2S/c28-22-10-8-21(9-11-22)18-33(19-25-7-4-16-36-25)26(34)20-32(15-14-31-12-1-2-13-31)27(35)30-24-6-3-5-23(29)17-24/h3-11,16-17H,1-2,12-15,18-20H2,(H,30,35). The third-order valence-electron chi connectivity index (χ3n) is 6.14. The number of thiophene rings is 1. The number of carbonyl (C=O) groups is 2. The molecule has 3 aromatic rings. The zero-order valence-corrected chi connectivity index (χ0v) is 20.9. The van der Waals surface area contributed by atoms with Gasteiger partial charge >= 0.3 is 6.03 Å². The van der Waals surface area contributed by atoms with E-state index < -0.39 is 11.8 Å². The van der Waals surface area contributed by atoms with E-state index in [9.17, 15) is 18.4 Å². The van der Waals surface area contributed by atoms with Gasteiger partial charge in [0.25, 0.3) is 0 Å². The molecule has 4 rings (SSSR count). The monoisotopic (exact) mass is 512 g/mol. The molecule has 1 aliphatic rings. The summed E-state index contributed by atoms with van der Waals surface area (Å²) in [5.74, 6) is -1.01. The summed E-state index contributed by atoms with van der Waals surface area (Å²) in [6.07, 6.45) is 2.25. The first kappa shape index (κ1) is 25.8. The van der Waals surface area contributed by atoms with Crippen molar-refractivity contribution >= 4 is 29.0 Å². The summed E-state index contributed by atoms with van der Waals surface area (Å²) in [6, 6.07) is 15.2. The van der Waals surface area contributed by atoms with Gasteiger partial charge in [-0.1, -0.05) is 24.3 Å². The lowest BCUT2D eigenvalue weighted by Gasteiger charge is -2.29. The number of carbonyl (C=O) groups excluding carboxylic acids is 2. The van der Waals surface area contributed by atoms with E-state index in [-0.39, 0.29) is 18.3 Å². The van der Waals surface area contributed by atoms with E-state index in [0.717, 1.165) is 36.4 Å². The molecule has 6 nitrogen and oxygen atoms in total. The van der Waals surface area contributed by atoms with Crippen molar-refractivity contribution < 1.29 is 18.4 Å². The highest BCUT2D eigenvalue weighted by atomic mass is 32.1. The van der Waals surface area contributed by atoms with Crippen molar-refractivity contribution in [1.82, 2.24) is 14.7 Å². The SMILES string of the molecule is O=C(CN(CCN1CCCC1)C(=O)Nc1cccc(F)c1)N(Cc1ccc(F)cc1)Cc1cccs1. The van der Waals surface area contributed by atoms with Crippen molar-refractivity contribution in [3.8, 4) is 0 Å². The maximum absolute atomic E-state index is 13.6. The minimum absolute atomic E-state index is 0.123. The zero-order chi connectivity index (χ0) is 25.3. The first-order chi connectivity index (χ1) is 17.5. The summed E-state index contributed by atoms with van der Waals surface area (Å²) in [5, 5.41) is 4.67. The second-order valence-electron chi connectivity index (χ2n) is 8.87. The van der Waals surface area contributed by atoms with Crippen LogP contribution in [-0.4, -0.2) is 59.4 Å². The average Bonchev–Trinajstić information content (AvgIpc) is 3.57. The van der Waals surface area contributed by atoms with Crippen molar-refractivity contribution in [3.05, 3.63) is 88.1 Å². The van der Waals surface area contributed by atoms with Crippen LogP contribution in [0.25, 0.3) is 0 Å². The first-order valence-electron chi connectivity index (χ1n) is 12.0. The van der Waals surface area contributed by atoms with E-state index in [1.807, 2.05) is 17.5 Å². The van der Waals surface area contributed by atoms with E-state index in [1.165, 1.54) is 35.2 Å². The number of halogens is 2. The van der Waals surface area contributed by atoms with E-state index in [1.54, 1.807) is 34.4 Å². The molecule has 2 heterocycles. The third-order valence-corrected chi connectivity index (χ3v) is 7.00. The van der Waals surface area contributed by atoms with Crippen LogP contribution >= 0.6 is 11.3 Å². The van der Waals surface area contributed by atoms with Crippen LogP contribution in [0.15, 0.2) is 66.0 Å². The lowest BCUT2D eigenvalue weighted by molar-refractivity contribution is -0.133. The Hall–Kier alpha value is -3.30. The summed E-state index contributed by atoms with van der Waals surface area (Å²) in [4.78, 5) is 33.1. The van der Waals surface area contributed by atoms with Crippen LogP contribution in [0.1, 0.15) is 23.3 Å². The molecule has 0 atom stereocenters. The highest BCUT2D eigenvalue weighted by Gasteiger charge is 2.24. The van der Waals surface area contributed by atoms with Crippen molar-refractivity contribution in [2.24, 2.45) is 0 Å². The van der Waals surface area contributed by atoms with Crippen LogP contribution in [-0.2, 0) is 17.9 Å². The van der Waals surface area contributed by atoms with Gasteiger partial charge in [-0.2, -0.15) is 0 Å². The zero-order valence-electron chi connectivity index (χ0n) is 20.0. The van der Waals surface area contributed by atoms with Crippen molar-refractivity contribution in [2.75, 3.05) is 38.0 Å². The fraction of sp³-hybridized carbons (Fsp3) is 0.333. The van der Waals surface area contributed by atoms with E-state index in [4.69, 9.17) is 0 Å². The molecule has 1 N–H and O–H groups in total. The Labute approximate surface area is 214 Å². The lowest BCUT2D eigenvalue weighted by atomic mass is 10.2. The van der Waals surface area contributed by atoms with Gasteiger partial charge in [-0.25, -0.2) is 13.6 Å². The Morgan fingerprint density at radius 3 is 2.39 bits per heavy atom. The summed E-state index contributed by atoms with van der Waals surface area (Å²) in [6.45, 7) is 3.54. The second-order valence-corrected chi connectivity index (χ2v) is 9.90. The molecule has 9 heteroatoms. The van der Waals surface area contributed by atoms with Gasteiger partial charge in [0.05, 0.1) is 6.54 Å². The number of anilines is 1. The molecule has 3 amide bonds. The third kappa shape index (κ3) is 7.60. The van der Waals surface area contributed by atoms with Crippen molar-refractivity contribution in [1.29, 1.82) is 0 Å². The average molecular weight is 513 g/mol. The maximum Gasteiger partial charge on any atom is 0.322 e.